The lowest BCUT2D eigenvalue weighted by Gasteiger charge is -2.01. The smallest absolute Gasteiger partial charge is 0.350 e. The summed E-state index contributed by atoms with van der Waals surface area (Å²) in [6.45, 7) is -0.0902. The summed E-state index contributed by atoms with van der Waals surface area (Å²) in [6.07, 6.45) is 0. The van der Waals surface area contributed by atoms with Crippen LogP contribution in [0.3, 0.4) is 0 Å². The van der Waals surface area contributed by atoms with E-state index in [2.05, 4.69) is 9.59 Å². The lowest BCUT2D eigenvalue weighted by Crippen LogP contribution is -2.04. The van der Waals surface area contributed by atoms with Crippen LogP contribution in [-0.2, 0) is 11.3 Å². The molecule has 0 saturated carbocycles. The van der Waals surface area contributed by atoms with Gasteiger partial charge in [-0.3, -0.25) is 0 Å². The zero-order valence-corrected chi connectivity index (χ0v) is 13.2. The van der Waals surface area contributed by atoms with E-state index < -0.39 is 5.97 Å². The van der Waals surface area contributed by atoms with Gasteiger partial charge in [0.2, 0.25) is 0 Å². The third-order valence-electron chi connectivity index (χ3n) is 2.63. The number of carbonyl (C=O) groups is 1. The molecular formula is C12H5Cl2FN2O2S2. The summed E-state index contributed by atoms with van der Waals surface area (Å²) < 4.78 is 22.9. The SMILES string of the molecule is O=C(OCc1nnsc1Cl)c1sc2cc(F)ccc2c1Cl. The van der Waals surface area contributed by atoms with Gasteiger partial charge in [0.1, 0.15) is 27.3 Å². The van der Waals surface area contributed by atoms with Crippen LogP contribution in [0.4, 0.5) is 4.39 Å². The van der Waals surface area contributed by atoms with E-state index in [4.69, 9.17) is 27.9 Å². The third-order valence-corrected chi connectivity index (χ3v) is 5.25. The summed E-state index contributed by atoms with van der Waals surface area (Å²) in [6, 6.07) is 4.14. The molecule has 0 atom stereocenters. The number of nitrogens with zero attached hydrogens (tertiary/aromatic N) is 2. The van der Waals surface area contributed by atoms with Crippen molar-refractivity contribution >= 4 is 62.1 Å². The molecule has 21 heavy (non-hydrogen) atoms. The average Bonchev–Trinajstić information content (AvgIpc) is 3.00. The number of halogens is 3. The third kappa shape index (κ3) is 2.87. The van der Waals surface area contributed by atoms with Gasteiger partial charge in [-0.2, -0.15) is 0 Å². The second-order valence-electron chi connectivity index (χ2n) is 3.96. The van der Waals surface area contributed by atoms with E-state index in [1.54, 1.807) is 0 Å². The number of benzene rings is 1. The van der Waals surface area contributed by atoms with Gasteiger partial charge in [0.15, 0.2) is 0 Å². The number of hydrogen-bond acceptors (Lipinski definition) is 6. The highest BCUT2D eigenvalue weighted by Gasteiger charge is 2.19. The Kier molecular flexibility index (Phi) is 4.08. The first-order chi connectivity index (χ1) is 10.1. The average molecular weight is 363 g/mol. The number of carbonyl (C=O) groups excluding carboxylic acids is 1. The normalized spacial score (nSPS) is 11.0. The molecule has 2 heterocycles. The summed E-state index contributed by atoms with van der Waals surface area (Å²) in [5, 5.41) is 4.60. The van der Waals surface area contributed by atoms with Gasteiger partial charge in [-0.15, -0.1) is 16.4 Å². The lowest BCUT2D eigenvalue weighted by molar-refractivity contribution is 0.0474. The summed E-state index contributed by atoms with van der Waals surface area (Å²) in [5.41, 5.74) is 0.387. The first kappa shape index (κ1) is 14.6. The first-order valence-corrected chi connectivity index (χ1v) is 7.92. The molecule has 0 saturated heterocycles. The van der Waals surface area contributed by atoms with Crippen molar-refractivity contribution < 1.29 is 13.9 Å². The molecule has 0 aliphatic carbocycles. The van der Waals surface area contributed by atoms with Crippen molar-refractivity contribution in [2.24, 2.45) is 0 Å². The Morgan fingerprint density at radius 2 is 2.19 bits per heavy atom. The molecule has 0 N–H and O–H groups in total. The predicted molar refractivity (Wildman–Crippen MR) is 80.8 cm³/mol. The van der Waals surface area contributed by atoms with Crippen LogP contribution >= 0.6 is 46.1 Å². The summed E-state index contributed by atoms with van der Waals surface area (Å²) >= 11 is 14.0. The Labute approximate surface area is 136 Å². The van der Waals surface area contributed by atoms with Crippen LogP contribution in [0.25, 0.3) is 10.1 Å². The Morgan fingerprint density at radius 3 is 2.90 bits per heavy atom. The molecule has 0 bridgehead atoms. The standard InChI is InChI=1S/C12H5Cl2FN2O2S2/c13-9-6-2-1-5(15)3-8(6)20-10(9)12(18)19-4-7-11(14)21-17-16-7/h1-3H,4H2. The van der Waals surface area contributed by atoms with Crippen LogP contribution in [0.1, 0.15) is 15.4 Å². The maximum absolute atomic E-state index is 13.2. The van der Waals surface area contributed by atoms with Crippen LogP contribution in [0.5, 0.6) is 0 Å². The molecule has 0 aliphatic rings. The predicted octanol–water partition coefficient (Wildman–Crippen LogP) is 4.56. The molecule has 0 amide bonds. The number of thiophene rings is 1. The fourth-order valence-corrected chi connectivity index (χ4v) is 3.68. The van der Waals surface area contributed by atoms with Gasteiger partial charge in [-0.25, -0.2) is 9.18 Å². The molecule has 0 radical (unpaired) electrons. The Bertz CT molecular complexity index is 834. The van der Waals surface area contributed by atoms with Crippen LogP contribution in [0, 0.1) is 5.82 Å². The molecule has 0 fully saturated rings. The van der Waals surface area contributed by atoms with E-state index in [0.29, 0.717) is 20.1 Å². The minimum atomic E-state index is -0.606. The van der Waals surface area contributed by atoms with Crippen molar-refractivity contribution in [3.8, 4) is 0 Å². The molecule has 3 rings (SSSR count). The Balaban J connectivity index is 1.84. The van der Waals surface area contributed by atoms with Crippen molar-refractivity contribution in [3.05, 3.63) is 43.9 Å². The quantitative estimate of drug-likeness (QED) is 0.641. The Morgan fingerprint density at radius 1 is 1.38 bits per heavy atom. The van der Waals surface area contributed by atoms with E-state index in [1.165, 1.54) is 18.2 Å². The fraction of sp³-hybridized carbons (Fsp3) is 0.0833. The van der Waals surface area contributed by atoms with E-state index >= 15 is 0 Å². The highest BCUT2D eigenvalue weighted by molar-refractivity contribution is 7.21. The highest BCUT2D eigenvalue weighted by atomic mass is 35.5. The largest absolute Gasteiger partial charge is 0.455 e. The molecule has 0 spiro atoms. The van der Waals surface area contributed by atoms with Crippen molar-refractivity contribution in [1.29, 1.82) is 0 Å². The fourth-order valence-electron chi connectivity index (χ4n) is 1.65. The van der Waals surface area contributed by atoms with Crippen molar-refractivity contribution in [2.75, 3.05) is 0 Å². The van der Waals surface area contributed by atoms with E-state index in [-0.39, 0.29) is 22.3 Å². The van der Waals surface area contributed by atoms with Crippen LogP contribution in [0.15, 0.2) is 18.2 Å². The van der Waals surface area contributed by atoms with Crippen LogP contribution in [-0.4, -0.2) is 15.6 Å². The number of aromatic nitrogens is 2. The second kappa shape index (κ2) is 5.84. The van der Waals surface area contributed by atoms with Gasteiger partial charge in [0.05, 0.1) is 5.02 Å². The molecular weight excluding hydrogens is 358 g/mol. The maximum Gasteiger partial charge on any atom is 0.350 e. The van der Waals surface area contributed by atoms with Crippen LogP contribution < -0.4 is 0 Å². The first-order valence-electron chi connectivity index (χ1n) is 5.57. The van der Waals surface area contributed by atoms with E-state index in [0.717, 1.165) is 22.9 Å². The van der Waals surface area contributed by atoms with Crippen molar-refractivity contribution in [2.45, 2.75) is 6.61 Å². The molecule has 0 aliphatic heterocycles. The molecule has 108 valence electrons. The van der Waals surface area contributed by atoms with Gasteiger partial charge >= 0.3 is 5.97 Å². The maximum atomic E-state index is 13.2. The number of hydrogen-bond donors (Lipinski definition) is 0. The Hall–Kier alpha value is -1.28. The van der Waals surface area contributed by atoms with E-state index in [9.17, 15) is 9.18 Å². The number of rotatable bonds is 3. The molecule has 0 unspecified atom stereocenters. The zero-order chi connectivity index (χ0) is 15.0. The molecule has 4 nitrogen and oxygen atoms in total. The van der Waals surface area contributed by atoms with Crippen molar-refractivity contribution in [1.82, 2.24) is 9.59 Å². The molecule has 3 aromatic rings. The second-order valence-corrected chi connectivity index (χ2v) is 6.74. The summed E-state index contributed by atoms with van der Waals surface area (Å²) in [4.78, 5) is 12.3. The minimum absolute atomic E-state index is 0.0902. The highest BCUT2D eigenvalue weighted by Crippen LogP contribution is 2.36. The minimum Gasteiger partial charge on any atom is -0.455 e. The van der Waals surface area contributed by atoms with Gasteiger partial charge in [0.25, 0.3) is 0 Å². The van der Waals surface area contributed by atoms with Gasteiger partial charge < -0.3 is 4.74 Å². The lowest BCUT2D eigenvalue weighted by atomic mass is 10.2. The van der Waals surface area contributed by atoms with Gasteiger partial charge in [0, 0.05) is 21.6 Å². The molecule has 1 aromatic carbocycles. The topological polar surface area (TPSA) is 52.1 Å². The summed E-state index contributed by atoms with van der Waals surface area (Å²) in [5.74, 6) is -0.994. The van der Waals surface area contributed by atoms with Gasteiger partial charge in [-0.1, -0.05) is 27.7 Å². The van der Waals surface area contributed by atoms with Gasteiger partial charge in [-0.05, 0) is 18.2 Å². The zero-order valence-electron chi connectivity index (χ0n) is 10.1. The molecule has 2 aromatic heterocycles. The monoisotopic (exact) mass is 362 g/mol. The molecule has 9 heteroatoms. The number of fused-ring (bicyclic) bond motifs is 1. The summed E-state index contributed by atoms with van der Waals surface area (Å²) in [7, 11) is 0. The van der Waals surface area contributed by atoms with E-state index in [1.807, 2.05) is 0 Å². The number of ether oxygens (including phenoxy) is 1. The van der Waals surface area contributed by atoms with Crippen LogP contribution in [0.2, 0.25) is 9.36 Å². The van der Waals surface area contributed by atoms with Crippen molar-refractivity contribution in [3.63, 3.8) is 0 Å². The number of esters is 1.